The normalized spacial score (nSPS) is 21.0. The lowest BCUT2D eigenvalue weighted by Gasteiger charge is -2.21. The minimum absolute atomic E-state index is 0.102. The zero-order valence-corrected chi connectivity index (χ0v) is 12.4. The number of likely N-dealkylation sites (tertiary alicyclic amines) is 1. The molecule has 0 unspecified atom stereocenters. The molecule has 0 spiro atoms. The van der Waals surface area contributed by atoms with E-state index in [1.54, 1.807) is 0 Å². The Morgan fingerprint density at radius 2 is 1.73 bits per heavy atom. The van der Waals surface area contributed by atoms with E-state index in [4.69, 9.17) is 0 Å². The molecular weight excluding hydrogens is 278 g/mol. The molecule has 114 valence electrons. The third kappa shape index (κ3) is 2.77. The first-order chi connectivity index (χ1) is 10.5. The summed E-state index contributed by atoms with van der Waals surface area (Å²) in [6, 6.07) is 14.3. The molecule has 1 aliphatic heterocycles. The van der Waals surface area contributed by atoms with E-state index >= 15 is 0 Å². The number of aromatic hydroxyl groups is 2. The first-order valence-corrected chi connectivity index (χ1v) is 7.43. The summed E-state index contributed by atoms with van der Waals surface area (Å²) in [6.45, 7) is 2.68. The Morgan fingerprint density at radius 3 is 2.36 bits per heavy atom. The van der Waals surface area contributed by atoms with E-state index in [0.717, 1.165) is 6.42 Å². The molecule has 4 nitrogen and oxygen atoms in total. The first kappa shape index (κ1) is 14.4. The lowest BCUT2D eigenvalue weighted by molar-refractivity contribution is 0.0745. The van der Waals surface area contributed by atoms with Crippen molar-refractivity contribution in [1.29, 1.82) is 0 Å². The van der Waals surface area contributed by atoms with E-state index in [1.807, 2.05) is 30.0 Å². The van der Waals surface area contributed by atoms with E-state index in [2.05, 4.69) is 12.1 Å². The van der Waals surface area contributed by atoms with Gasteiger partial charge in [0.25, 0.3) is 5.91 Å². The minimum atomic E-state index is -0.155. The average molecular weight is 297 g/mol. The number of phenols is 2. The number of hydrogen-bond donors (Lipinski definition) is 2. The molecule has 22 heavy (non-hydrogen) atoms. The number of hydrogen-bond acceptors (Lipinski definition) is 3. The third-order valence-corrected chi connectivity index (χ3v) is 4.26. The smallest absolute Gasteiger partial charge is 0.254 e. The predicted octanol–water partition coefficient (Wildman–Crippen LogP) is 3.12. The van der Waals surface area contributed by atoms with Crippen LogP contribution in [0.3, 0.4) is 0 Å². The fraction of sp³-hybridized carbons (Fsp3) is 0.278. The van der Waals surface area contributed by atoms with Crippen molar-refractivity contribution in [1.82, 2.24) is 4.90 Å². The van der Waals surface area contributed by atoms with Gasteiger partial charge in [0.05, 0.1) is 0 Å². The number of phenolic OH excluding ortho intramolecular Hbond substituents is 2. The fourth-order valence-electron chi connectivity index (χ4n) is 3.17. The van der Waals surface area contributed by atoms with E-state index in [-0.39, 0.29) is 23.4 Å². The number of carbonyl (C=O) groups excluding carboxylic acids is 1. The Balaban J connectivity index is 1.81. The van der Waals surface area contributed by atoms with Gasteiger partial charge in [-0.1, -0.05) is 30.3 Å². The predicted molar refractivity (Wildman–Crippen MR) is 84.1 cm³/mol. The Hall–Kier alpha value is -2.49. The van der Waals surface area contributed by atoms with Crippen molar-refractivity contribution in [2.75, 3.05) is 6.54 Å². The van der Waals surface area contributed by atoms with Gasteiger partial charge in [-0.15, -0.1) is 0 Å². The molecule has 1 amide bonds. The van der Waals surface area contributed by atoms with Crippen LogP contribution in [0.4, 0.5) is 0 Å². The van der Waals surface area contributed by atoms with Gasteiger partial charge in [0.15, 0.2) is 0 Å². The zero-order chi connectivity index (χ0) is 15.7. The zero-order valence-electron chi connectivity index (χ0n) is 12.4. The molecule has 1 heterocycles. The van der Waals surface area contributed by atoms with E-state index in [1.165, 1.54) is 23.8 Å². The maximum absolute atomic E-state index is 12.6. The molecule has 0 radical (unpaired) electrons. The summed E-state index contributed by atoms with van der Waals surface area (Å²) >= 11 is 0. The molecule has 2 N–H and O–H groups in total. The second-order valence-corrected chi connectivity index (χ2v) is 5.89. The quantitative estimate of drug-likeness (QED) is 0.895. The maximum atomic E-state index is 12.6. The molecule has 1 aliphatic rings. The standard InChI is InChI=1S/C18H19NO3/c1-12-7-15(13-5-3-2-4-6-13)11-19(12)18(22)14-8-16(20)10-17(21)9-14/h2-6,8-10,12,15,20-21H,7,11H2,1H3/t12-,15-/m1/s1. The monoisotopic (exact) mass is 297 g/mol. The van der Waals surface area contributed by atoms with Crippen molar-refractivity contribution >= 4 is 5.91 Å². The number of benzene rings is 2. The second-order valence-electron chi connectivity index (χ2n) is 5.89. The topological polar surface area (TPSA) is 60.8 Å². The van der Waals surface area contributed by atoms with Gasteiger partial charge in [0.2, 0.25) is 0 Å². The lowest BCUT2D eigenvalue weighted by atomic mass is 9.97. The van der Waals surface area contributed by atoms with Crippen LogP contribution in [0.25, 0.3) is 0 Å². The lowest BCUT2D eigenvalue weighted by Crippen LogP contribution is -2.33. The summed E-state index contributed by atoms with van der Waals surface area (Å²) in [4.78, 5) is 14.5. The van der Waals surface area contributed by atoms with Gasteiger partial charge in [-0.2, -0.15) is 0 Å². The molecular formula is C18H19NO3. The highest BCUT2D eigenvalue weighted by atomic mass is 16.3. The number of amides is 1. The van der Waals surface area contributed by atoms with Crippen LogP contribution in [0.5, 0.6) is 11.5 Å². The number of carbonyl (C=O) groups is 1. The fourth-order valence-corrected chi connectivity index (χ4v) is 3.17. The summed E-state index contributed by atoms with van der Waals surface area (Å²) in [7, 11) is 0. The molecule has 0 bridgehead atoms. The Bertz CT molecular complexity index is 664. The van der Waals surface area contributed by atoms with Crippen LogP contribution in [0.1, 0.15) is 35.2 Å². The van der Waals surface area contributed by atoms with Gasteiger partial charge in [0, 0.05) is 30.1 Å². The molecule has 0 saturated carbocycles. The molecule has 3 rings (SSSR count). The summed E-state index contributed by atoms with van der Waals surface area (Å²) in [5.41, 5.74) is 1.56. The van der Waals surface area contributed by atoms with Crippen molar-refractivity contribution in [3.63, 3.8) is 0 Å². The van der Waals surface area contributed by atoms with E-state index < -0.39 is 0 Å². The molecule has 0 aromatic heterocycles. The van der Waals surface area contributed by atoms with Crippen LogP contribution >= 0.6 is 0 Å². The highest BCUT2D eigenvalue weighted by molar-refractivity contribution is 5.95. The van der Waals surface area contributed by atoms with E-state index in [0.29, 0.717) is 18.0 Å². The highest BCUT2D eigenvalue weighted by Gasteiger charge is 2.33. The van der Waals surface area contributed by atoms with Crippen molar-refractivity contribution in [3.8, 4) is 11.5 Å². The molecule has 2 aromatic carbocycles. The largest absolute Gasteiger partial charge is 0.508 e. The number of nitrogens with zero attached hydrogens (tertiary/aromatic N) is 1. The molecule has 1 fully saturated rings. The highest BCUT2D eigenvalue weighted by Crippen LogP contribution is 2.33. The summed E-state index contributed by atoms with van der Waals surface area (Å²) < 4.78 is 0. The SMILES string of the molecule is C[C@@H]1C[C@@H](c2ccccc2)CN1C(=O)c1cc(O)cc(O)c1. The van der Waals surface area contributed by atoms with Gasteiger partial charge < -0.3 is 15.1 Å². The Morgan fingerprint density at radius 1 is 1.09 bits per heavy atom. The van der Waals surface area contributed by atoms with Gasteiger partial charge in [-0.05, 0) is 31.0 Å². The molecule has 2 atom stereocenters. The summed E-state index contributed by atoms with van der Waals surface area (Å²) in [5.74, 6) is -0.0344. The van der Waals surface area contributed by atoms with Crippen LogP contribution in [0.15, 0.2) is 48.5 Å². The molecule has 2 aromatic rings. The summed E-state index contributed by atoms with van der Waals surface area (Å²) in [5, 5.41) is 19.1. The second kappa shape index (κ2) is 5.72. The first-order valence-electron chi connectivity index (χ1n) is 7.43. The molecule has 4 heteroatoms. The van der Waals surface area contributed by atoms with Crippen LogP contribution in [0.2, 0.25) is 0 Å². The van der Waals surface area contributed by atoms with Crippen molar-refractivity contribution in [2.24, 2.45) is 0 Å². The van der Waals surface area contributed by atoms with Crippen molar-refractivity contribution < 1.29 is 15.0 Å². The maximum Gasteiger partial charge on any atom is 0.254 e. The third-order valence-electron chi connectivity index (χ3n) is 4.26. The number of rotatable bonds is 2. The van der Waals surface area contributed by atoms with Gasteiger partial charge in [-0.3, -0.25) is 4.79 Å². The van der Waals surface area contributed by atoms with Gasteiger partial charge in [-0.25, -0.2) is 0 Å². The van der Waals surface area contributed by atoms with Crippen LogP contribution in [-0.4, -0.2) is 33.6 Å². The molecule has 1 saturated heterocycles. The van der Waals surface area contributed by atoms with Gasteiger partial charge in [0.1, 0.15) is 11.5 Å². The van der Waals surface area contributed by atoms with Crippen LogP contribution in [-0.2, 0) is 0 Å². The van der Waals surface area contributed by atoms with Gasteiger partial charge >= 0.3 is 0 Å². The van der Waals surface area contributed by atoms with Crippen LogP contribution < -0.4 is 0 Å². The van der Waals surface area contributed by atoms with Crippen molar-refractivity contribution in [2.45, 2.75) is 25.3 Å². The average Bonchev–Trinajstić information content (AvgIpc) is 2.88. The Kier molecular flexibility index (Phi) is 3.75. The van der Waals surface area contributed by atoms with Crippen molar-refractivity contribution in [3.05, 3.63) is 59.7 Å². The molecule has 0 aliphatic carbocycles. The van der Waals surface area contributed by atoms with Crippen LogP contribution in [0, 0.1) is 0 Å². The summed E-state index contributed by atoms with van der Waals surface area (Å²) in [6.07, 6.45) is 0.917. The van der Waals surface area contributed by atoms with E-state index in [9.17, 15) is 15.0 Å². The Labute approximate surface area is 129 Å². The minimum Gasteiger partial charge on any atom is -0.508 e.